The zero-order valence-corrected chi connectivity index (χ0v) is 19.7. The molecule has 3 N–H and O–H groups in total. The number of aromatic nitrogens is 1. The van der Waals surface area contributed by atoms with Gasteiger partial charge in [0, 0.05) is 48.7 Å². The van der Waals surface area contributed by atoms with Crippen molar-refractivity contribution in [3.8, 4) is 0 Å². The van der Waals surface area contributed by atoms with Crippen LogP contribution >= 0.6 is 0 Å². The maximum absolute atomic E-state index is 12.7. The zero-order chi connectivity index (χ0) is 23.5. The van der Waals surface area contributed by atoms with Gasteiger partial charge < -0.3 is 20.9 Å². The largest absolute Gasteiger partial charge is 0.377 e. The van der Waals surface area contributed by atoms with E-state index in [1.54, 1.807) is 0 Å². The minimum absolute atomic E-state index is 0.139. The molecule has 3 aromatic carbocycles. The lowest BCUT2D eigenvalue weighted by atomic mass is 9.91. The molecule has 1 aliphatic rings. The van der Waals surface area contributed by atoms with E-state index in [9.17, 15) is 4.79 Å². The molecule has 34 heavy (non-hydrogen) atoms. The summed E-state index contributed by atoms with van der Waals surface area (Å²) in [4.78, 5) is 19.6. The van der Waals surface area contributed by atoms with Gasteiger partial charge in [0.05, 0.1) is 11.2 Å². The van der Waals surface area contributed by atoms with Crippen molar-refractivity contribution < 1.29 is 4.79 Å². The topological polar surface area (TPSA) is 69.3 Å². The van der Waals surface area contributed by atoms with Crippen LogP contribution in [0.1, 0.15) is 25.7 Å². The highest BCUT2D eigenvalue weighted by Crippen LogP contribution is 2.29. The summed E-state index contributed by atoms with van der Waals surface area (Å²) in [7, 11) is 4.12. The Morgan fingerprint density at radius 1 is 0.853 bits per heavy atom. The second-order valence-corrected chi connectivity index (χ2v) is 9.26. The molecule has 0 aliphatic heterocycles. The molecular formula is C28H31N5O. The van der Waals surface area contributed by atoms with Gasteiger partial charge in [-0.3, -0.25) is 0 Å². The summed E-state index contributed by atoms with van der Waals surface area (Å²) >= 11 is 0. The van der Waals surface area contributed by atoms with Gasteiger partial charge in [0.1, 0.15) is 5.82 Å². The average Bonchev–Trinajstić information content (AvgIpc) is 2.85. The van der Waals surface area contributed by atoms with Crippen LogP contribution in [0.4, 0.5) is 22.0 Å². The van der Waals surface area contributed by atoms with Gasteiger partial charge in [-0.05, 0) is 43.2 Å². The number of amides is 2. The Hall–Kier alpha value is -3.80. The number of nitrogens with zero attached hydrogens (tertiary/aromatic N) is 2. The smallest absolute Gasteiger partial charge is 0.319 e. The van der Waals surface area contributed by atoms with Crippen LogP contribution in [-0.4, -0.2) is 37.2 Å². The van der Waals surface area contributed by atoms with Crippen molar-refractivity contribution in [2.75, 3.05) is 29.6 Å². The number of nitrogens with one attached hydrogen (secondary N) is 3. The molecular weight excluding hydrogens is 422 g/mol. The summed E-state index contributed by atoms with van der Waals surface area (Å²) in [6, 6.07) is 24.8. The fourth-order valence-electron chi connectivity index (χ4n) is 4.87. The molecule has 1 aromatic heterocycles. The SMILES string of the molecule is CN(C)c1cc(NC2CCC(NC(=O)Nc3cccc4ccccc34)CC2)nc2ccccc12. The van der Waals surface area contributed by atoms with Crippen molar-refractivity contribution in [3.05, 3.63) is 72.8 Å². The number of carbonyl (C=O) groups is 1. The number of pyridine rings is 1. The molecule has 6 heteroatoms. The second-order valence-electron chi connectivity index (χ2n) is 9.26. The van der Waals surface area contributed by atoms with Crippen LogP contribution in [0, 0.1) is 0 Å². The van der Waals surface area contributed by atoms with E-state index >= 15 is 0 Å². The highest BCUT2D eigenvalue weighted by Gasteiger charge is 2.23. The zero-order valence-electron chi connectivity index (χ0n) is 19.7. The maximum Gasteiger partial charge on any atom is 0.319 e. The van der Waals surface area contributed by atoms with Crippen LogP contribution in [0.15, 0.2) is 72.8 Å². The molecule has 4 aromatic rings. The lowest BCUT2D eigenvalue weighted by Gasteiger charge is -2.30. The van der Waals surface area contributed by atoms with Crippen LogP contribution in [0.3, 0.4) is 0 Å². The number of urea groups is 1. The highest BCUT2D eigenvalue weighted by atomic mass is 16.2. The molecule has 0 radical (unpaired) electrons. The third-order valence-electron chi connectivity index (χ3n) is 6.63. The number of hydrogen-bond acceptors (Lipinski definition) is 4. The summed E-state index contributed by atoms with van der Waals surface area (Å²) in [5.74, 6) is 0.910. The van der Waals surface area contributed by atoms with Crippen LogP contribution in [0.5, 0.6) is 0 Å². The van der Waals surface area contributed by atoms with Gasteiger partial charge in [-0.1, -0.05) is 54.6 Å². The van der Waals surface area contributed by atoms with Gasteiger partial charge in [0.15, 0.2) is 0 Å². The number of hydrogen-bond donors (Lipinski definition) is 3. The van der Waals surface area contributed by atoms with Crippen molar-refractivity contribution in [2.24, 2.45) is 0 Å². The lowest BCUT2D eigenvalue weighted by molar-refractivity contribution is 0.243. The minimum atomic E-state index is -0.139. The first kappa shape index (κ1) is 22.0. The Morgan fingerprint density at radius 2 is 1.53 bits per heavy atom. The van der Waals surface area contributed by atoms with E-state index in [1.807, 2.05) is 36.4 Å². The standard InChI is InChI=1S/C28H31N5O/c1-33(2)26-18-27(31-25-12-6-5-11-23(25)26)29-20-14-16-21(17-15-20)30-28(34)32-24-13-7-9-19-8-3-4-10-22(19)24/h3-13,18,20-21H,14-17H2,1-2H3,(H,29,31)(H2,30,32,34). The van der Waals surface area contributed by atoms with Crippen LogP contribution in [0.2, 0.25) is 0 Å². The van der Waals surface area contributed by atoms with Crippen molar-refractivity contribution in [1.29, 1.82) is 0 Å². The fourth-order valence-corrected chi connectivity index (χ4v) is 4.87. The molecule has 0 bridgehead atoms. The molecule has 1 heterocycles. The predicted octanol–water partition coefficient (Wildman–Crippen LogP) is 6.00. The van der Waals surface area contributed by atoms with Crippen LogP contribution in [0.25, 0.3) is 21.7 Å². The van der Waals surface area contributed by atoms with Gasteiger partial charge in [0.2, 0.25) is 0 Å². The molecule has 6 nitrogen and oxygen atoms in total. The third-order valence-corrected chi connectivity index (χ3v) is 6.63. The molecule has 0 saturated heterocycles. The maximum atomic E-state index is 12.7. The first-order valence-electron chi connectivity index (χ1n) is 12.0. The molecule has 1 saturated carbocycles. The van der Waals surface area contributed by atoms with Crippen molar-refractivity contribution in [1.82, 2.24) is 10.3 Å². The Balaban J connectivity index is 1.18. The number of para-hydroxylation sites is 1. The third kappa shape index (κ3) is 4.76. The Bertz CT molecular complexity index is 1310. The molecule has 0 atom stereocenters. The lowest BCUT2D eigenvalue weighted by Crippen LogP contribution is -2.42. The van der Waals surface area contributed by atoms with E-state index in [0.717, 1.165) is 64.6 Å². The molecule has 174 valence electrons. The number of rotatable bonds is 5. The summed E-state index contributed by atoms with van der Waals surface area (Å²) in [5, 5.41) is 13.2. The van der Waals surface area contributed by atoms with E-state index in [1.165, 1.54) is 0 Å². The highest BCUT2D eigenvalue weighted by molar-refractivity contribution is 6.01. The molecule has 5 rings (SSSR count). The molecule has 1 fully saturated rings. The molecule has 0 spiro atoms. The van der Waals surface area contributed by atoms with E-state index in [-0.39, 0.29) is 12.1 Å². The number of fused-ring (bicyclic) bond motifs is 2. The van der Waals surface area contributed by atoms with Crippen molar-refractivity contribution >= 4 is 44.9 Å². The normalized spacial score (nSPS) is 17.9. The monoisotopic (exact) mass is 453 g/mol. The summed E-state index contributed by atoms with van der Waals surface area (Å²) < 4.78 is 0. The Morgan fingerprint density at radius 3 is 2.32 bits per heavy atom. The van der Waals surface area contributed by atoms with Gasteiger partial charge in [-0.2, -0.15) is 0 Å². The first-order chi connectivity index (χ1) is 16.6. The fraction of sp³-hybridized carbons (Fsp3) is 0.286. The Labute approximate surface area is 200 Å². The van der Waals surface area contributed by atoms with Crippen LogP contribution in [-0.2, 0) is 0 Å². The quantitative estimate of drug-likeness (QED) is 0.347. The molecule has 1 aliphatic carbocycles. The van der Waals surface area contributed by atoms with Gasteiger partial charge in [-0.15, -0.1) is 0 Å². The van der Waals surface area contributed by atoms with Crippen molar-refractivity contribution in [3.63, 3.8) is 0 Å². The number of benzene rings is 3. The van der Waals surface area contributed by atoms with E-state index < -0.39 is 0 Å². The van der Waals surface area contributed by atoms with Gasteiger partial charge in [-0.25, -0.2) is 9.78 Å². The summed E-state index contributed by atoms with van der Waals surface area (Å²) in [6.45, 7) is 0. The number of carbonyl (C=O) groups excluding carboxylic acids is 1. The van der Waals surface area contributed by atoms with Crippen molar-refractivity contribution in [2.45, 2.75) is 37.8 Å². The summed E-state index contributed by atoms with van der Waals surface area (Å²) in [5.41, 5.74) is 3.00. The van der Waals surface area contributed by atoms with E-state index in [0.29, 0.717) is 6.04 Å². The number of anilines is 3. The first-order valence-corrected chi connectivity index (χ1v) is 12.0. The average molecular weight is 454 g/mol. The van der Waals surface area contributed by atoms with E-state index in [4.69, 9.17) is 4.98 Å². The molecule has 0 unspecified atom stereocenters. The van der Waals surface area contributed by atoms with Gasteiger partial charge >= 0.3 is 6.03 Å². The predicted molar refractivity (Wildman–Crippen MR) is 142 cm³/mol. The van der Waals surface area contributed by atoms with E-state index in [2.05, 4.69) is 71.3 Å². The second kappa shape index (κ2) is 9.59. The Kier molecular flexibility index (Phi) is 6.21. The van der Waals surface area contributed by atoms with Crippen LogP contribution < -0.4 is 20.9 Å². The summed E-state index contributed by atoms with van der Waals surface area (Å²) in [6.07, 6.45) is 3.86. The minimum Gasteiger partial charge on any atom is -0.377 e. The van der Waals surface area contributed by atoms with Gasteiger partial charge in [0.25, 0.3) is 0 Å². The molecule has 2 amide bonds.